The molecule has 0 amide bonds. The van der Waals surface area contributed by atoms with E-state index in [9.17, 15) is 0 Å². The Bertz CT molecular complexity index is 596. The van der Waals surface area contributed by atoms with Crippen LogP contribution in [-0.2, 0) is 6.54 Å². The Balaban J connectivity index is 1.61. The average Bonchev–Trinajstić information content (AvgIpc) is 2.52. The number of anilines is 1. The molecule has 21 heavy (non-hydrogen) atoms. The summed E-state index contributed by atoms with van der Waals surface area (Å²) in [5.41, 5.74) is 2.29. The lowest BCUT2D eigenvalue weighted by atomic mass is 10.2. The summed E-state index contributed by atoms with van der Waals surface area (Å²) in [4.78, 5) is 8.90. The average molecular weight is 322 g/mol. The first-order valence-electron chi connectivity index (χ1n) is 7.04. The molecular formula is C16H17Cl2N3. The van der Waals surface area contributed by atoms with Crippen molar-refractivity contribution in [1.82, 2.24) is 9.88 Å². The molecule has 1 saturated heterocycles. The minimum absolute atomic E-state index is 0.618. The molecule has 110 valence electrons. The maximum atomic E-state index is 6.30. The van der Waals surface area contributed by atoms with Crippen LogP contribution >= 0.6 is 23.2 Å². The molecule has 2 heterocycles. The topological polar surface area (TPSA) is 19.4 Å². The van der Waals surface area contributed by atoms with Gasteiger partial charge in [-0.2, -0.15) is 0 Å². The van der Waals surface area contributed by atoms with Gasteiger partial charge < -0.3 is 4.90 Å². The van der Waals surface area contributed by atoms with E-state index >= 15 is 0 Å². The van der Waals surface area contributed by atoms with Gasteiger partial charge in [0.15, 0.2) is 0 Å². The number of pyridine rings is 1. The SMILES string of the molecule is Clc1cccc(N2CCN(Cc3cccnc3)CC2)c1Cl. The highest BCUT2D eigenvalue weighted by molar-refractivity contribution is 6.43. The maximum absolute atomic E-state index is 6.30. The second kappa shape index (κ2) is 6.65. The fraction of sp³-hybridized carbons (Fsp3) is 0.312. The molecule has 0 saturated carbocycles. The number of halogens is 2. The van der Waals surface area contributed by atoms with E-state index < -0.39 is 0 Å². The standard InChI is InChI=1S/C16H17Cl2N3/c17-14-4-1-5-15(16(14)18)21-9-7-20(8-10-21)12-13-3-2-6-19-11-13/h1-6,11H,7-10,12H2. The van der Waals surface area contributed by atoms with Crippen LogP contribution in [0.3, 0.4) is 0 Å². The van der Waals surface area contributed by atoms with Crippen molar-refractivity contribution in [2.45, 2.75) is 6.54 Å². The normalized spacial score (nSPS) is 16.2. The van der Waals surface area contributed by atoms with E-state index in [1.54, 1.807) is 0 Å². The lowest BCUT2D eigenvalue weighted by Crippen LogP contribution is -2.46. The number of benzene rings is 1. The Morgan fingerprint density at radius 1 is 1.00 bits per heavy atom. The smallest absolute Gasteiger partial charge is 0.0825 e. The largest absolute Gasteiger partial charge is 0.368 e. The minimum Gasteiger partial charge on any atom is -0.368 e. The van der Waals surface area contributed by atoms with Crippen molar-refractivity contribution < 1.29 is 0 Å². The minimum atomic E-state index is 0.618. The summed E-state index contributed by atoms with van der Waals surface area (Å²) in [6.45, 7) is 4.89. The maximum Gasteiger partial charge on any atom is 0.0825 e. The lowest BCUT2D eigenvalue weighted by Gasteiger charge is -2.36. The van der Waals surface area contributed by atoms with Crippen LogP contribution in [0.5, 0.6) is 0 Å². The van der Waals surface area contributed by atoms with Crippen molar-refractivity contribution >= 4 is 28.9 Å². The molecular weight excluding hydrogens is 305 g/mol. The van der Waals surface area contributed by atoms with Crippen molar-refractivity contribution in [2.24, 2.45) is 0 Å². The third kappa shape index (κ3) is 3.49. The van der Waals surface area contributed by atoms with Crippen LogP contribution in [0.1, 0.15) is 5.56 Å². The highest BCUT2D eigenvalue weighted by Crippen LogP contribution is 2.32. The van der Waals surface area contributed by atoms with Crippen molar-refractivity contribution in [3.8, 4) is 0 Å². The van der Waals surface area contributed by atoms with Crippen LogP contribution in [0.15, 0.2) is 42.7 Å². The van der Waals surface area contributed by atoms with E-state index in [0.29, 0.717) is 10.0 Å². The van der Waals surface area contributed by atoms with Gasteiger partial charge in [0.1, 0.15) is 0 Å². The quantitative estimate of drug-likeness (QED) is 0.859. The Labute approximate surface area is 135 Å². The van der Waals surface area contributed by atoms with E-state index in [0.717, 1.165) is 38.4 Å². The van der Waals surface area contributed by atoms with Gasteiger partial charge in [-0.15, -0.1) is 0 Å². The number of hydrogen-bond donors (Lipinski definition) is 0. The highest BCUT2D eigenvalue weighted by Gasteiger charge is 2.19. The molecule has 1 aromatic carbocycles. The molecule has 0 N–H and O–H groups in total. The molecule has 0 radical (unpaired) electrons. The van der Waals surface area contributed by atoms with Gasteiger partial charge in [-0.1, -0.05) is 35.3 Å². The number of nitrogens with zero attached hydrogens (tertiary/aromatic N) is 3. The lowest BCUT2D eigenvalue weighted by molar-refractivity contribution is 0.249. The van der Waals surface area contributed by atoms with Crippen LogP contribution in [0, 0.1) is 0 Å². The van der Waals surface area contributed by atoms with Gasteiger partial charge in [-0.05, 0) is 23.8 Å². The van der Waals surface area contributed by atoms with Gasteiger partial charge in [0.05, 0.1) is 15.7 Å². The Kier molecular flexibility index (Phi) is 4.63. The number of aromatic nitrogens is 1. The zero-order chi connectivity index (χ0) is 14.7. The molecule has 1 fully saturated rings. The van der Waals surface area contributed by atoms with Crippen molar-refractivity contribution in [2.75, 3.05) is 31.1 Å². The van der Waals surface area contributed by atoms with E-state index in [1.165, 1.54) is 5.56 Å². The summed E-state index contributed by atoms with van der Waals surface area (Å²) in [6, 6.07) is 9.91. The van der Waals surface area contributed by atoms with Gasteiger partial charge in [-0.25, -0.2) is 0 Å². The molecule has 1 aliphatic rings. The zero-order valence-corrected chi connectivity index (χ0v) is 13.2. The molecule has 0 atom stereocenters. The second-order valence-electron chi connectivity index (χ2n) is 5.20. The first kappa shape index (κ1) is 14.6. The van der Waals surface area contributed by atoms with Gasteiger partial charge in [-0.3, -0.25) is 9.88 Å². The summed E-state index contributed by atoms with van der Waals surface area (Å²) in [5.74, 6) is 0. The summed E-state index contributed by atoms with van der Waals surface area (Å²) in [5, 5.41) is 1.27. The number of rotatable bonds is 3. The van der Waals surface area contributed by atoms with Crippen LogP contribution in [0.4, 0.5) is 5.69 Å². The fourth-order valence-corrected chi connectivity index (χ4v) is 3.05. The van der Waals surface area contributed by atoms with Crippen molar-refractivity contribution in [3.05, 3.63) is 58.3 Å². The summed E-state index contributed by atoms with van der Waals surface area (Å²) < 4.78 is 0. The fourth-order valence-electron chi connectivity index (χ4n) is 2.63. The monoisotopic (exact) mass is 321 g/mol. The van der Waals surface area contributed by atoms with E-state index in [1.807, 2.05) is 36.7 Å². The Morgan fingerprint density at radius 3 is 2.52 bits per heavy atom. The predicted molar refractivity (Wildman–Crippen MR) is 88.2 cm³/mol. The third-order valence-corrected chi connectivity index (χ3v) is 4.58. The van der Waals surface area contributed by atoms with Crippen LogP contribution in [-0.4, -0.2) is 36.1 Å². The molecule has 0 bridgehead atoms. The molecule has 5 heteroatoms. The third-order valence-electron chi connectivity index (χ3n) is 3.77. The molecule has 3 rings (SSSR count). The van der Waals surface area contributed by atoms with Gasteiger partial charge in [0.25, 0.3) is 0 Å². The molecule has 0 unspecified atom stereocenters. The van der Waals surface area contributed by atoms with E-state index in [2.05, 4.69) is 20.9 Å². The molecule has 0 aliphatic carbocycles. The van der Waals surface area contributed by atoms with Gasteiger partial charge >= 0.3 is 0 Å². The first-order chi connectivity index (χ1) is 10.2. The molecule has 1 aliphatic heterocycles. The highest BCUT2D eigenvalue weighted by atomic mass is 35.5. The van der Waals surface area contributed by atoms with Gasteiger partial charge in [0, 0.05) is 45.1 Å². The van der Waals surface area contributed by atoms with E-state index in [4.69, 9.17) is 23.2 Å². The zero-order valence-electron chi connectivity index (χ0n) is 11.7. The number of hydrogen-bond acceptors (Lipinski definition) is 3. The van der Waals surface area contributed by atoms with Crippen LogP contribution < -0.4 is 4.90 Å². The van der Waals surface area contributed by atoms with Crippen LogP contribution in [0.25, 0.3) is 0 Å². The Morgan fingerprint density at radius 2 is 1.81 bits per heavy atom. The van der Waals surface area contributed by atoms with Crippen molar-refractivity contribution in [3.63, 3.8) is 0 Å². The second-order valence-corrected chi connectivity index (χ2v) is 5.98. The summed E-state index contributed by atoms with van der Waals surface area (Å²) in [6.07, 6.45) is 3.74. The first-order valence-corrected chi connectivity index (χ1v) is 7.80. The predicted octanol–water partition coefficient (Wildman–Crippen LogP) is 3.71. The van der Waals surface area contributed by atoms with Crippen molar-refractivity contribution in [1.29, 1.82) is 0 Å². The summed E-state index contributed by atoms with van der Waals surface area (Å²) >= 11 is 12.4. The molecule has 0 spiro atoms. The van der Waals surface area contributed by atoms with E-state index in [-0.39, 0.29) is 0 Å². The summed E-state index contributed by atoms with van der Waals surface area (Å²) in [7, 11) is 0. The Hall–Kier alpha value is -1.29. The molecule has 1 aromatic heterocycles. The van der Waals surface area contributed by atoms with Gasteiger partial charge in [0.2, 0.25) is 0 Å². The number of piperazine rings is 1. The molecule has 3 nitrogen and oxygen atoms in total. The molecule has 2 aromatic rings. The van der Waals surface area contributed by atoms with Crippen LogP contribution in [0.2, 0.25) is 10.0 Å².